The third kappa shape index (κ3) is 2.55. The van der Waals surface area contributed by atoms with E-state index in [-0.39, 0.29) is 24.3 Å². The summed E-state index contributed by atoms with van der Waals surface area (Å²) in [6, 6.07) is 22.6. The number of carbonyl (C=O) groups is 3. The minimum Gasteiger partial charge on any atom is -0.462 e. The summed E-state index contributed by atoms with van der Waals surface area (Å²) < 4.78 is 4.27. The summed E-state index contributed by atoms with van der Waals surface area (Å²) in [6.45, 7) is 2.03. The average Bonchev–Trinajstić information content (AvgIpc) is 3.11. The Labute approximate surface area is 199 Å². The van der Waals surface area contributed by atoms with Crippen LogP contribution in [0.3, 0.4) is 0 Å². The third-order valence-corrected chi connectivity index (χ3v) is 8.50. The zero-order chi connectivity index (χ0) is 22.9. The van der Waals surface area contributed by atoms with Crippen LogP contribution in [-0.4, -0.2) is 24.4 Å². The molecule has 0 radical (unpaired) electrons. The van der Waals surface area contributed by atoms with E-state index in [1.54, 1.807) is 31.2 Å². The van der Waals surface area contributed by atoms with E-state index in [0.717, 1.165) is 22.3 Å². The predicted molar refractivity (Wildman–Crippen MR) is 126 cm³/mol. The lowest BCUT2D eigenvalue weighted by atomic mass is 9.55. The number of amides is 2. The van der Waals surface area contributed by atoms with Crippen molar-refractivity contribution in [2.45, 2.75) is 17.2 Å². The summed E-state index contributed by atoms with van der Waals surface area (Å²) >= 11 is 3.99. The van der Waals surface area contributed by atoms with Gasteiger partial charge in [-0.1, -0.05) is 64.5 Å². The first-order valence-corrected chi connectivity index (χ1v) is 11.8. The number of nitrogens with zero attached hydrogens (tertiary/aromatic N) is 1. The van der Waals surface area contributed by atoms with Crippen LogP contribution in [0.5, 0.6) is 0 Å². The average molecular weight is 502 g/mol. The normalized spacial score (nSPS) is 26.6. The lowest BCUT2D eigenvalue weighted by Crippen LogP contribution is -2.50. The van der Waals surface area contributed by atoms with Crippen molar-refractivity contribution in [1.82, 2.24) is 0 Å². The van der Waals surface area contributed by atoms with Gasteiger partial charge in [-0.3, -0.25) is 9.59 Å². The Morgan fingerprint density at radius 3 is 2.06 bits per heavy atom. The SMILES string of the molecule is CCOC(=O)c1ccc(N2C(=O)[C@@H]3C4c5ccccc5C(Br)(c5ccccc54)[C@H]3C2=O)cc1. The Morgan fingerprint density at radius 1 is 0.909 bits per heavy atom. The minimum absolute atomic E-state index is 0.179. The summed E-state index contributed by atoms with van der Waals surface area (Å²) in [7, 11) is 0. The smallest absolute Gasteiger partial charge is 0.338 e. The van der Waals surface area contributed by atoms with E-state index < -0.39 is 22.1 Å². The van der Waals surface area contributed by atoms with Crippen LogP contribution in [0, 0.1) is 11.8 Å². The van der Waals surface area contributed by atoms with Gasteiger partial charge in [0.05, 0.1) is 34.0 Å². The van der Waals surface area contributed by atoms with Gasteiger partial charge in [0.15, 0.2) is 0 Å². The molecule has 2 bridgehead atoms. The Bertz CT molecular complexity index is 1280. The van der Waals surface area contributed by atoms with Crippen LogP contribution in [0.1, 0.15) is 45.5 Å². The van der Waals surface area contributed by atoms with Crippen LogP contribution in [0.25, 0.3) is 0 Å². The molecule has 5 nitrogen and oxygen atoms in total. The summed E-state index contributed by atoms with van der Waals surface area (Å²) in [5.41, 5.74) is 5.14. The lowest BCUT2D eigenvalue weighted by Gasteiger charge is -2.51. The van der Waals surface area contributed by atoms with Crippen LogP contribution in [0.4, 0.5) is 5.69 Å². The highest BCUT2D eigenvalue weighted by atomic mass is 79.9. The van der Waals surface area contributed by atoms with Gasteiger partial charge in [-0.25, -0.2) is 9.69 Å². The van der Waals surface area contributed by atoms with E-state index in [4.69, 9.17) is 4.74 Å². The maximum Gasteiger partial charge on any atom is 0.338 e. The van der Waals surface area contributed by atoms with Gasteiger partial charge in [-0.15, -0.1) is 0 Å². The summed E-state index contributed by atoms with van der Waals surface area (Å²) in [5.74, 6) is -2.08. The van der Waals surface area contributed by atoms with Crippen molar-refractivity contribution in [3.05, 3.63) is 101 Å². The molecule has 0 N–H and O–H groups in total. The quantitative estimate of drug-likeness (QED) is 0.294. The number of halogens is 1. The van der Waals surface area contributed by atoms with Crippen molar-refractivity contribution in [2.75, 3.05) is 11.5 Å². The maximum atomic E-state index is 13.9. The largest absolute Gasteiger partial charge is 0.462 e. The van der Waals surface area contributed by atoms with Gasteiger partial charge in [-0.05, 0) is 53.4 Å². The highest BCUT2D eigenvalue weighted by molar-refractivity contribution is 9.09. The Kier molecular flexibility index (Phi) is 4.40. The molecule has 0 aromatic heterocycles. The number of alkyl halides is 1. The van der Waals surface area contributed by atoms with Crippen molar-refractivity contribution < 1.29 is 19.1 Å². The van der Waals surface area contributed by atoms with Crippen LogP contribution in [-0.2, 0) is 18.7 Å². The molecule has 2 atom stereocenters. The molecule has 7 rings (SSSR count). The molecule has 0 unspecified atom stereocenters. The standard InChI is InChI=1S/C27H20BrNO4/c1-2-33-26(32)15-11-13-16(14-12-15)29-24(30)22-21-17-7-3-5-9-19(17)27(28,23(22)25(29)31)20-10-6-4-8-18(20)21/h3-14,21-23H,2H2,1H3/t21?,22-,23-,27?/m1/s1. The second-order valence-corrected chi connectivity index (χ2v) is 9.90. The fourth-order valence-corrected chi connectivity index (χ4v) is 7.10. The first-order chi connectivity index (χ1) is 16.0. The van der Waals surface area contributed by atoms with Crippen LogP contribution in [0.2, 0.25) is 0 Å². The molecule has 3 aromatic carbocycles. The van der Waals surface area contributed by atoms with E-state index in [2.05, 4.69) is 40.2 Å². The fraction of sp³-hybridized carbons (Fsp3) is 0.222. The van der Waals surface area contributed by atoms with E-state index >= 15 is 0 Å². The van der Waals surface area contributed by atoms with Gasteiger partial charge in [-0.2, -0.15) is 0 Å². The molecule has 3 aromatic rings. The zero-order valence-electron chi connectivity index (χ0n) is 17.8. The molecular formula is C27H20BrNO4. The molecule has 1 heterocycles. The molecule has 6 heteroatoms. The summed E-state index contributed by atoms with van der Waals surface area (Å²) in [5, 5.41) is 0. The molecule has 4 aliphatic rings. The van der Waals surface area contributed by atoms with Gasteiger partial charge in [0.2, 0.25) is 11.8 Å². The van der Waals surface area contributed by atoms with Gasteiger partial charge >= 0.3 is 5.97 Å². The first-order valence-electron chi connectivity index (χ1n) is 11.0. The highest BCUT2D eigenvalue weighted by Crippen LogP contribution is 2.66. The molecule has 0 spiro atoms. The van der Waals surface area contributed by atoms with Crippen molar-refractivity contribution in [3.63, 3.8) is 0 Å². The number of anilines is 1. The third-order valence-electron chi connectivity index (χ3n) is 7.15. The van der Waals surface area contributed by atoms with Crippen LogP contribution in [0.15, 0.2) is 72.8 Å². The molecule has 164 valence electrons. The molecule has 3 aliphatic carbocycles. The first kappa shape index (κ1) is 20.4. The van der Waals surface area contributed by atoms with E-state index in [1.165, 1.54) is 4.90 Å². The molecule has 2 amide bonds. The van der Waals surface area contributed by atoms with Gasteiger partial charge < -0.3 is 4.74 Å². The van der Waals surface area contributed by atoms with Crippen molar-refractivity contribution in [1.29, 1.82) is 0 Å². The van der Waals surface area contributed by atoms with Crippen LogP contribution < -0.4 is 4.90 Å². The number of hydrogen-bond donors (Lipinski definition) is 0. The Morgan fingerprint density at radius 2 is 1.48 bits per heavy atom. The number of imide groups is 1. The summed E-state index contributed by atoms with van der Waals surface area (Å²) in [6.07, 6.45) is 0. The highest BCUT2D eigenvalue weighted by Gasteiger charge is 2.67. The molecule has 1 saturated heterocycles. The zero-order valence-corrected chi connectivity index (χ0v) is 19.4. The molecule has 1 fully saturated rings. The molecule has 0 saturated carbocycles. The summed E-state index contributed by atoms with van der Waals surface area (Å²) in [4.78, 5) is 41.0. The number of hydrogen-bond acceptors (Lipinski definition) is 4. The van der Waals surface area contributed by atoms with Gasteiger partial charge in [0.1, 0.15) is 0 Å². The van der Waals surface area contributed by atoms with Gasteiger partial charge in [0.25, 0.3) is 0 Å². The number of rotatable bonds is 3. The topological polar surface area (TPSA) is 63.7 Å². The molecule has 1 aliphatic heterocycles. The van der Waals surface area contributed by atoms with E-state index in [1.807, 2.05) is 24.3 Å². The monoisotopic (exact) mass is 501 g/mol. The van der Waals surface area contributed by atoms with E-state index in [9.17, 15) is 14.4 Å². The lowest BCUT2D eigenvalue weighted by molar-refractivity contribution is -0.122. The van der Waals surface area contributed by atoms with Crippen LogP contribution >= 0.6 is 15.9 Å². The Hall–Kier alpha value is -3.25. The van der Waals surface area contributed by atoms with E-state index in [0.29, 0.717) is 11.3 Å². The van der Waals surface area contributed by atoms with Crippen molar-refractivity contribution >= 4 is 39.4 Å². The predicted octanol–water partition coefficient (Wildman–Crippen LogP) is 4.77. The minimum atomic E-state index is -0.772. The number of carbonyl (C=O) groups excluding carboxylic acids is 3. The van der Waals surface area contributed by atoms with Gasteiger partial charge in [0, 0.05) is 5.92 Å². The molecule has 33 heavy (non-hydrogen) atoms. The molecular weight excluding hydrogens is 482 g/mol. The van der Waals surface area contributed by atoms with Crippen molar-refractivity contribution in [3.8, 4) is 0 Å². The maximum absolute atomic E-state index is 13.9. The number of benzene rings is 3. The number of ether oxygens (including phenoxy) is 1. The van der Waals surface area contributed by atoms with Crippen molar-refractivity contribution in [2.24, 2.45) is 11.8 Å². The fourth-order valence-electron chi connectivity index (χ4n) is 5.89. The second kappa shape index (κ2) is 7.12. The number of esters is 1. The Balaban J connectivity index is 1.48. The second-order valence-electron chi connectivity index (χ2n) is 8.65.